The van der Waals surface area contributed by atoms with Crippen molar-refractivity contribution in [2.75, 3.05) is 13.2 Å². The summed E-state index contributed by atoms with van der Waals surface area (Å²) in [6.07, 6.45) is 5.92. The Hall–Kier alpha value is 0.150. The SMILES string of the molecule is CCCCCCCO[PH](=O)OCC. The first kappa shape index (κ1) is 13.2. The molecule has 80 valence electrons. The molecule has 0 aromatic rings. The van der Waals surface area contributed by atoms with Gasteiger partial charge in [-0.1, -0.05) is 32.6 Å². The summed E-state index contributed by atoms with van der Waals surface area (Å²) < 4.78 is 20.7. The van der Waals surface area contributed by atoms with Gasteiger partial charge in [-0.15, -0.1) is 0 Å². The lowest BCUT2D eigenvalue weighted by Gasteiger charge is -2.03. The molecule has 0 aliphatic carbocycles. The standard InChI is InChI=1S/C9H21O3P/c1-3-5-6-7-8-9-12-13(10)11-4-2/h13H,3-9H2,1-2H3. The van der Waals surface area contributed by atoms with Gasteiger partial charge in [-0.25, -0.2) is 0 Å². The molecule has 0 rings (SSSR count). The van der Waals surface area contributed by atoms with Crippen molar-refractivity contribution in [3.8, 4) is 0 Å². The molecule has 13 heavy (non-hydrogen) atoms. The highest BCUT2D eigenvalue weighted by molar-refractivity contribution is 7.33. The molecule has 1 atom stereocenters. The molecule has 0 amide bonds. The van der Waals surface area contributed by atoms with E-state index in [9.17, 15) is 4.57 Å². The molecule has 0 heterocycles. The Morgan fingerprint density at radius 3 is 2.31 bits per heavy atom. The number of hydrogen-bond acceptors (Lipinski definition) is 3. The van der Waals surface area contributed by atoms with Crippen LogP contribution in [0.3, 0.4) is 0 Å². The summed E-state index contributed by atoms with van der Waals surface area (Å²) in [5.41, 5.74) is 0. The molecule has 0 saturated carbocycles. The van der Waals surface area contributed by atoms with E-state index in [2.05, 4.69) is 6.92 Å². The highest BCUT2D eigenvalue weighted by Gasteiger charge is 1.96. The summed E-state index contributed by atoms with van der Waals surface area (Å²) in [4.78, 5) is 0. The van der Waals surface area contributed by atoms with Gasteiger partial charge in [0.05, 0.1) is 13.2 Å². The average Bonchev–Trinajstić information content (AvgIpc) is 2.11. The van der Waals surface area contributed by atoms with E-state index in [1.807, 2.05) is 6.92 Å². The Labute approximate surface area is 81.8 Å². The zero-order valence-electron chi connectivity index (χ0n) is 8.67. The van der Waals surface area contributed by atoms with Crippen LogP contribution in [0.15, 0.2) is 0 Å². The lowest BCUT2D eigenvalue weighted by atomic mass is 10.2. The summed E-state index contributed by atoms with van der Waals surface area (Å²) in [7, 11) is -2.18. The minimum atomic E-state index is -2.18. The van der Waals surface area contributed by atoms with Crippen LogP contribution in [0.2, 0.25) is 0 Å². The molecular formula is C9H21O3P. The zero-order chi connectivity index (χ0) is 9.94. The van der Waals surface area contributed by atoms with Gasteiger partial charge in [0.25, 0.3) is 0 Å². The molecule has 0 spiro atoms. The van der Waals surface area contributed by atoms with E-state index in [1.165, 1.54) is 19.3 Å². The second kappa shape index (κ2) is 10.2. The number of unbranched alkanes of at least 4 members (excludes halogenated alkanes) is 4. The van der Waals surface area contributed by atoms with E-state index in [-0.39, 0.29) is 0 Å². The first-order valence-electron chi connectivity index (χ1n) is 5.10. The smallest absolute Gasteiger partial charge is 0.311 e. The van der Waals surface area contributed by atoms with Crippen LogP contribution in [-0.4, -0.2) is 13.2 Å². The molecule has 0 aromatic carbocycles. The van der Waals surface area contributed by atoms with Gasteiger partial charge in [0.15, 0.2) is 0 Å². The monoisotopic (exact) mass is 208 g/mol. The molecule has 3 nitrogen and oxygen atoms in total. The van der Waals surface area contributed by atoms with Crippen LogP contribution in [0.5, 0.6) is 0 Å². The van der Waals surface area contributed by atoms with Gasteiger partial charge in [-0.2, -0.15) is 0 Å². The molecule has 0 N–H and O–H groups in total. The van der Waals surface area contributed by atoms with Crippen molar-refractivity contribution in [1.82, 2.24) is 0 Å². The van der Waals surface area contributed by atoms with E-state index in [0.29, 0.717) is 13.2 Å². The summed E-state index contributed by atoms with van der Waals surface area (Å²) in [5.74, 6) is 0. The van der Waals surface area contributed by atoms with Crippen molar-refractivity contribution in [2.24, 2.45) is 0 Å². The van der Waals surface area contributed by atoms with Gasteiger partial charge < -0.3 is 9.05 Å². The fourth-order valence-corrected chi connectivity index (χ4v) is 1.65. The Kier molecular flexibility index (Phi) is 10.4. The first-order chi connectivity index (χ1) is 6.31. The van der Waals surface area contributed by atoms with Crippen LogP contribution in [0, 0.1) is 0 Å². The number of hydrogen-bond donors (Lipinski definition) is 0. The molecular weight excluding hydrogens is 187 g/mol. The van der Waals surface area contributed by atoms with E-state index in [4.69, 9.17) is 9.05 Å². The van der Waals surface area contributed by atoms with Gasteiger partial charge in [0, 0.05) is 0 Å². The topological polar surface area (TPSA) is 35.5 Å². The van der Waals surface area contributed by atoms with E-state index in [1.54, 1.807) is 0 Å². The van der Waals surface area contributed by atoms with Crippen molar-refractivity contribution < 1.29 is 13.6 Å². The van der Waals surface area contributed by atoms with Crippen LogP contribution < -0.4 is 0 Å². The largest absolute Gasteiger partial charge is 0.319 e. The Morgan fingerprint density at radius 2 is 1.69 bits per heavy atom. The van der Waals surface area contributed by atoms with Crippen LogP contribution >= 0.6 is 8.25 Å². The molecule has 0 aliphatic heterocycles. The van der Waals surface area contributed by atoms with Crippen LogP contribution in [0.1, 0.15) is 46.0 Å². The van der Waals surface area contributed by atoms with Gasteiger partial charge in [0.1, 0.15) is 0 Å². The third-order valence-electron chi connectivity index (χ3n) is 1.73. The average molecular weight is 208 g/mol. The number of rotatable bonds is 9. The lowest BCUT2D eigenvalue weighted by Crippen LogP contribution is -1.89. The molecule has 4 heteroatoms. The van der Waals surface area contributed by atoms with Gasteiger partial charge in [-0.3, -0.25) is 4.57 Å². The normalized spacial score (nSPS) is 13.1. The molecule has 0 fully saturated rings. The highest BCUT2D eigenvalue weighted by atomic mass is 31.1. The Morgan fingerprint density at radius 1 is 1.00 bits per heavy atom. The molecule has 1 unspecified atom stereocenters. The minimum absolute atomic E-state index is 0.466. The Balaban J connectivity index is 3.02. The highest BCUT2D eigenvalue weighted by Crippen LogP contribution is 2.23. The lowest BCUT2D eigenvalue weighted by molar-refractivity contribution is 0.229. The molecule has 0 aromatic heterocycles. The zero-order valence-corrected chi connectivity index (χ0v) is 9.67. The van der Waals surface area contributed by atoms with Crippen molar-refractivity contribution >= 4 is 8.25 Å². The second-order valence-corrected chi connectivity index (χ2v) is 4.02. The van der Waals surface area contributed by atoms with Gasteiger partial charge in [0.2, 0.25) is 0 Å². The Bertz CT molecular complexity index is 128. The summed E-state index contributed by atoms with van der Waals surface area (Å²) in [6, 6.07) is 0. The molecule has 0 aliphatic rings. The van der Waals surface area contributed by atoms with E-state index >= 15 is 0 Å². The van der Waals surface area contributed by atoms with Gasteiger partial charge >= 0.3 is 8.25 Å². The van der Waals surface area contributed by atoms with Crippen molar-refractivity contribution in [1.29, 1.82) is 0 Å². The van der Waals surface area contributed by atoms with Crippen LogP contribution in [0.25, 0.3) is 0 Å². The van der Waals surface area contributed by atoms with E-state index < -0.39 is 8.25 Å². The third-order valence-corrected chi connectivity index (χ3v) is 2.69. The maximum absolute atomic E-state index is 10.9. The van der Waals surface area contributed by atoms with Crippen molar-refractivity contribution in [3.63, 3.8) is 0 Å². The van der Waals surface area contributed by atoms with Crippen LogP contribution in [0.4, 0.5) is 0 Å². The maximum atomic E-state index is 10.9. The first-order valence-corrected chi connectivity index (χ1v) is 6.33. The molecule has 0 bridgehead atoms. The minimum Gasteiger partial charge on any atom is -0.311 e. The van der Waals surface area contributed by atoms with E-state index in [0.717, 1.165) is 12.8 Å². The molecule has 0 saturated heterocycles. The second-order valence-electron chi connectivity index (χ2n) is 2.95. The fourth-order valence-electron chi connectivity index (χ4n) is 1.02. The predicted molar refractivity (Wildman–Crippen MR) is 55.3 cm³/mol. The third kappa shape index (κ3) is 10.1. The summed E-state index contributed by atoms with van der Waals surface area (Å²) in [5, 5.41) is 0. The van der Waals surface area contributed by atoms with Gasteiger partial charge in [-0.05, 0) is 13.3 Å². The summed E-state index contributed by atoms with van der Waals surface area (Å²) >= 11 is 0. The van der Waals surface area contributed by atoms with Crippen molar-refractivity contribution in [3.05, 3.63) is 0 Å². The summed E-state index contributed by atoms with van der Waals surface area (Å²) in [6.45, 7) is 5.03. The van der Waals surface area contributed by atoms with Crippen molar-refractivity contribution in [2.45, 2.75) is 46.0 Å². The predicted octanol–water partition coefficient (Wildman–Crippen LogP) is 3.40. The molecule has 0 radical (unpaired) electrons. The van der Waals surface area contributed by atoms with Crippen LogP contribution in [-0.2, 0) is 13.6 Å². The quantitative estimate of drug-likeness (QED) is 0.430. The fraction of sp³-hybridized carbons (Fsp3) is 1.00. The maximum Gasteiger partial charge on any atom is 0.319 e.